The number of rotatable bonds is 2. The van der Waals surface area contributed by atoms with Gasteiger partial charge in [-0.2, -0.15) is 26.3 Å². The van der Waals surface area contributed by atoms with Crippen molar-refractivity contribution in [2.45, 2.75) is 31.6 Å². The summed E-state index contributed by atoms with van der Waals surface area (Å²) < 4.78 is 84.4. The van der Waals surface area contributed by atoms with Crippen LogP contribution in [0.1, 0.15) is 22.3 Å². The van der Waals surface area contributed by atoms with Crippen LogP contribution >= 0.6 is 0 Å². The van der Waals surface area contributed by atoms with Gasteiger partial charge in [-0.1, -0.05) is 24.3 Å². The molecule has 0 saturated heterocycles. The van der Waals surface area contributed by atoms with E-state index < -0.39 is 28.9 Å². The first kappa shape index (κ1) is 19.0. The van der Waals surface area contributed by atoms with E-state index in [1.54, 1.807) is 0 Å². The molecule has 0 atom stereocenters. The zero-order chi connectivity index (χ0) is 19.2. The predicted octanol–water partition coefficient (Wildman–Crippen LogP) is 4.88. The molecule has 0 heterocycles. The fourth-order valence-electron chi connectivity index (χ4n) is 3.04. The Labute approximate surface area is 140 Å². The highest BCUT2D eigenvalue weighted by Gasteiger charge is 2.73. The summed E-state index contributed by atoms with van der Waals surface area (Å²) in [5.74, 6) is 0. The predicted molar refractivity (Wildman–Crippen MR) is 84.1 cm³/mol. The number of benzene rings is 2. The Bertz CT molecular complexity index is 725. The van der Waals surface area contributed by atoms with Crippen molar-refractivity contribution in [1.29, 1.82) is 0 Å². The van der Waals surface area contributed by atoms with Gasteiger partial charge in [0.2, 0.25) is 5.41 Å². The first-order valence-electron chi connectivity index (χ1n) is 7.20. The number of anilines is 2. The minimum Gasteiger partial charge on any atom is -0.399 e. The van der Waals surface area contributed by atoms with Crippen LogP contribution in [-0.4, -0.2) is 12.4 Å². The number of hydrogen-bond donors (Lipinski definition) is 2. The van der Waals surface area contributed by atoms with Gasteiger partial charge >= 0.3 is 12.4 Å². The molecule has 4 N–H and O–H groups in total. The summed E-state index contributed by atoms with van der Waals surface area (Å²) in [6, 6.07) is 6.26. The molecule has 0 amide bonds. The molecule has 0 aromatic heterocycles. The van der Waals surface area contributed by atoms with E-state index >= 15 is 0 Å². The Morgan fingerprint density at radius 1 is 0.640 bits per heavy atom. The van der Waals surface area contributed by atoms with Gasteiger partial charge < -0.3 is 11.5 Å². The average molecular weight is 362 g/mol. The van der Waals surface area contributed by atoms with Crippen LogP contribution in [0.15, 0.2) is 36.4 Å². The fraction of sp³-hybridized carbons (Fsp3) is 0.294. The molecule has 0 aliphatic carbocycles. The molecule has 0 fully saturated rings. The second-order valence-corrected chi connectivity index (χ2v) is 5.79. The van der Waals surface area contributed by atoms with Crippen molar-refractivity contribution in [1.82, 2.24) is 0 Å². The SMILES string of the molecule is Cc1c(N)cccc1C(c1cccc(N)c1C)(C(F)(F)F)C(F)(F)F. The normalized spacial score (nSPS) is 13.1. The summed E-state index contributed by atoms with van der Waals surface area (Å²) >= 11 is 0. The van der Waals surface area contributed by atoms with Crippen molar-refractivity contribution in [3.05, 3.63) is 58.7 Å². The number of alkyl halides is 6. The lowest BCUT2D eigenvalue weighted by atomic mass is 9.69. The lowest BCUT2D eigenvalue weighted by Crippen LogP contribution is -2.55. The van der Waals surface area contributed by atoms with Crippen LogP contribution in [0.5, 0.6) is 0 Å². The van der Waals surface area contributed by atoms with E-state index in [2.05, 4.69) is 0 Å². The highest BCUT2D eigenvalue weighted by molar-refractivity contribution is 5.61. The zero-order valence-corrected chi connectivity index (χ0v) is 13.4. The van der Waals surface area contributed by atoms with Crippen molar-refractivity contribution in [3.63, 3.8) is 0 Å². The van der Waals surface area contributed by atoms with Crippen LogP contribution in [0.2, 0.25) is 0 Å². The second-order valence-electron chi connectivity index (χ2n) is 5.79. The maximum absolute atomic E-state index is 14.1. The summed E-state index contributed by atoms with van der Waals surface area (Å²) in [5, 5.41) is 0. The highest BCUT2D eigenvalue weighted by Crippen LogP contribution is 2.58. The molecule has 0 unspecified atom stereocenters. The lowest BCUT2D eigenvalue weighted by Gasteiger charge is -2.40. The van der Waals surface area contributed by atoms with E-state index in [1.165, 1.54) is 12.1 Å². The summed E-state index contributed by atoms with van der Waals surface area (Å²) in [5.41, 5.74) is 4.16. The molecule has 0 spiro atoms. The van der Waals surface area contributed by atoms with Gasteiger partial charge in [-0.05, 0) is 48.2 Å². The number of hydrogen-bond acceptors (Lipinski definition) is 2. The maximum Gasteiger partial charge on any atom is 0.411 e. The van der Waals surface area contributed by atoms with E-state index in [-0.39, 0.29) is 22.5 Å². The van der Waals surface area contributed by atoms with E-state index in [9.17, 15) is 26.3 Å². The standard InChI is InChI=1S/C17H16F6N2/c1-9-11(5-3-7-13(9)24)15(16(18,19)20,17(21,22)23)12-6-4-8-14(25)10(12)2/h3-8H,24-25H2,1-2H3. The van der Waals surface area contributed by atoms with Crippen molar-refractivity contribution in [2.75, 3.05) is 11.5 Å². The third-order valence-corrected chi connectivity index (χ3v) is 4.41. The molecule has 0 saturated carbocycles. The number of nitrogen functional groups attached to an aromatic ring is 2. The van der Waals surface area contributed by atoms with Gasteiger partial charge in [0.25, 0.3) is 0 Å². The largest absolute Gasteiger partial charge is 0.411 e. The molecule has 136 valence electrons. The molecular formula is C17H16F6N2. The third kappa shape index (κ3) is 2.69. The minimum absolute atomic E-state index is 0.156. The van der Waals surface area contributed by atoms with Gasteiger partial charge in [0.1, 0.15) is 0 Å². The zero-order valence-electron chi connectivity index (χ0n) is 13.4. The second kappa shape index (κ2) is 5.86. The van der Waals surface area contributed by atoms with E-state index in [4.69, 9.17) is 11.5 Å². The fourth-order valence-corrected chi connectivity index (χ4v) is 3.04. The van der Waals surface area contributed by atoms with Crippen molar-refractivity contribution in [3.8, 4) is 0 Å². The van der Waals surface area contributed by atoms with Gasteiger partial charge in [0, 0.05) is 11.4 Å². The van der Waals surface area contributed by atoms with Gasteiger partial charge in [0.15, 0.2) is 0 Å². The third-order valence-electron chi connectivity index (χ3n) is 4.41. The smallest absolute Gasteiger partial charge is 0.399 e. The van der Waals surface area contributed by atoms with Gasteiger partial charge in [-0.15, -0.1) is 0 Å². The Hall–Kier alpha value is -2.38. The summed E-state index contributed by atoms with van der Waals surface area (Å²) in [7, 11) is 0. The van der Waals surface area contributed by atoms with E-state index in [1.807, 2.05) is 0 Å². The van der Waals surface area contributed by atoms with Crippen LogP contribution in [-0.2, 0) is 5.41 Å². The molecular weight excluding hydrogens is 346 g/mol. The summed E-state index contributed by atoms with van der Waals surface area (Å²) in [6.07, 6.45) is -11.3. The molecule has 0 aliphatic rings. The molecule has 0 bridgehead atoms. The van der Waals surface area contributed by atoms with Gasteiger partial charge in [-0.25, -0.2) is 0 Å². The van der Waals surface area contributed by atoms with Crippen molar-refractivity contribution < 1.29 is 26.3 Å². The van der Waals surface area contributed by atoms with Crippen LogP contribution in [0, 0.1) is 13.8 Å². The van der Waals surface area contributed by atoms with Crippen molar-refractivity contribution >= 4 is 11.4 Å². The minimum atomic E-state index is -5.66. The van der Waals surface area contributed by atoms with E-state index in [0.717, 1.165) is 38.1 Å². The molecule has 8 heteroatoms. The molecule has 2 aromatic carbocycles. The van der Waals surface area contributed by atoms with Crippen LogP contribution < -0.4 is 11.5 Å². The molecule has 25 heavy (non-hydrogen) atoms. The number of nitrogens with two attached hydrogens (primary N) is 2. The topological polar surface area (TPSA) is 52.0 Å². The van der Waals surface area contributed by atoms with Crippen LogP contribution in [0.4, 0.5) is 37.7 Å². The summed E-state index contributed by atoms with van der Waals surface area (Å²) in [4.78, 5) is 0. The Morgan fingerprint density at radius 2 is 0.960 bits per heavy atom. The number of halogens is 6. The molecule has 2 aromatic rings. The molecule has 2 nitrogen and oxygen atoms in total. The highest BCUT2D eigenvalue weighted by atomic mass is 19.4. The monoisotopic (exact) mass is 362 g/mol. The maximum atomic E-state index is 14.1. The summed E-state index contributed by atoms with van der Waals surface area (Å²) in [6.45, 7) is 2.27. The van der Waals surface area contributed by atoms with Crippen molar-refractivity contribution in [2.24, 2.45) is 0 Å². The van der Waals surface area contributed by atoms with Gasteiger partial charge in [0.05, 0.1) is 0 Å². The van der Waals surface area contributed by atoms with Crippen LogP contribution in [0.3, 0.4) is 0 Å². The first-order chi connectivity index (χ1) is 11.4. The van der Waals surface area contributed by atoms with E-state index in [0.29, 0.717) is 0 Å². The lowest BCUT2D eigenvalue weighted by molar-refractivity contribution is -0.288. The molecule has 0 aliphatic heterocycles. The van der Waals surface area contributed by atoms with Crippen LogP contribution in [0.25, 0.3) is 0 Å². The Balaban J connectivity index is 3.09. The molecule has 2 rings (SSSR count). The Morgan fingerprint density at radius 3 is 1.24 bits per heavy atom. The first-order valence-corrected chi connectivity index (χ1v) is 7.20. The quantitative estimate of drug-likeness (QED) is 0.591. The average Bonchev–Trinajstić information content (AvgIpc) is 2.45. The Kier molecular flexibility index (Phi) is 4.44. The van der Waals surface area contributed by atoms with Gasteiger partial charge in [-0.3, -0.25) is 0 Å². The molecule has 0 radical (unpaired) electrons.